The van der Waals surface area contributed by atoms with Gasteiger partial charge in [0.2, 0.25) is 11.8 Å². The molecule has 0 saturated carbocycles. The standard InChI is InChI=1S/C35H42Cl2N2O7/c1-21(2)16-30-35(43)45-29(22(3)14-15-24-10-7-6-8-11-24)12-9-13-31(40)39-28(33(41)38-20-23(4)34(42)46-30)19-25-17-26(36)32(44-5)27(37)18-25/h6-11,13-15,17-18,21-23,28-30H,12,16,19-20H2,1-5H3,(H,38,41)(H,39,40)/b13-9-,15-14+/t22-,23-,28-,29+,30+/m1/s1. The molecule has 0 unspecified atom stereocenters. The van der Waals surface area contributed by atoms with Crippen molar-refractivity contribution in [1.29, 1.82) is 0 Å². The highest BCUT2D eigenvalue weighted by Gasteiger charge is 2.32. The lowest BCUT2D eigenvalue weighted by Gasteiger charge is -2.26. The topological polar surface area (TPSA) is 120 Å². The molecule has 5 atom stereocenters. The first-order valence-corrected chi connectivity index (χ1v) is 16.0. The second kappa shape index (κ2) is 17.8. The summed E-state index contributed by atoms with van der Waals surface area (Å²) < 4.78 is 16.8. The summed E-state index contributed by atoms with van der Waals surface area (Å²) in [5, 5.41) is 5.95. The summed E-state index contributed by atoms with van der Waals surface area (Å²) in [5.74, 6) is -3.08. The average Bonchev–Trinajstić information content (AvgIpc) is 3.00. The number of hydrogen-bond donors (Lipinski definition) is 2. The maximum absolute atomic E-state index is 13.4. The van der Waals surface area contributed by atoms with E-state index in [0.717, 1.165) is 5.56 Å². The SMILES string of the molecule is COc1c(Cl)cc(C[C@H]2NC(=O)/C=C\C[C@@H]([C@H](C)/C=C/c3ccccc3)OC(=O)[C@H](CC(C)C)OC(=O)[C@H](C)CNC2=O)cc1Cl. The summed E-state index contributed by atoms with van der Waals surface area (Å²) >= 11 is 12.6. The van der Waals surface area contributed by atoms with Gasteiger partial charge in [-0.15, -0.1) is 0 Å². The van der Waals surface area contributed by atoms with Gasteiger partial charge in [0.05, 0.1) is 23.1 Å². The minimum Gasteiger partial charge on any atom is -0.494 e. The number of carbonyl (C=O) groups is 4. The summed E-state index contributed by atoms with van der Waals surface area (Å²) in [4.78, 5) is 52.8. The number of halogens is 2. The molecule has 248 valence electrons. The van der Waals surface area contributed by atoms with Crippen molar-refractivity contribution in [3.63, 3.8) is 0 Å². The zero-order valence-electron chi connectivity index (χ0n) is 26.8. The molecule has 1 heterocycles. The predicted octanol–water partition coefficient (Wildman–Crippen LogP) is 5.96. The molecular weight excluding hydrogens is 631 g/mol. The number of hydrogen-bond acceptors (Lipinski definition) is 7. The Morgan fingerprint density at radius 3 is 2.30 bits per heavy atom. The van der Waals surface area contributed by atoms with Gasteiger partial charge in [0.1, 0.15) is 12.1 Å². The van der Waals surface area contributed by atoms with Crippen LogP contribution in [0.1, 0.15) is 51.7 Å². The van der Waals surface area contributed by atoms with Crippen molar-refractivity contribution in [2.24, 2.45) is 17.8 Å². The van der Waals surface area contributed by atoms with Crippen molar-refractivity contribution in [2.45, 2.75) is 65.2 Å². The van der Waals surface area contributed by atoms with Crippen LogP contribution < -0.4 is 15.4 Å². The molecule has 0 fully saturated rings. The molecule has 0 aliphatic carbocycles. The van der Waals surface area contributed by atoms with E-state index in [9.17, 15) is 19.2 Å². The van der Waals surface area contributed by atoms with Crippen LogP contribution >= 0.6 is 23.2 Å². The molecule has 46 heavy (non-hydrogen) atoms. The fourth-order valence-corrected chi connectivity index (χ4v) is 5.47. The van der Waals surface area contributed by atoms with Gasteiger partial charge in [-0.25, -0.2) is 4.79 Å². The quantitative estimate of drug-likeness (QED) is 0.332. The first-order chi connectivity index (χ1) is 21.9. The second-order valence-electron chi connectivity index (χ2n) is 11.8. The first-order valence-electron chi connectivity index (χ1n) is 15.3. The number of amides is 2. The number of rotatable bonds is 8. The molecule has 3 rings (SSSR count). The van der Waals surface area contributed by atoms with Crippen molar-refractivity contribution in [1.82, 2.24) is 10.6 Å². The Balaban J connectivity index is 1.91. The van der Waals surface area contributed by atoms with E-state index in [1.54, 1.807) is 25.1 Å². The Labute approximate surface area is 280 Å². The number of esters is 2. The molecule has 1 aliphatic heterocycles. The molecule has 0 bridgehead atoms. The van der Waals surface area contributed by atoms with E-state index in [0.29, 0.717) is 11.3 Å². The summed E-state index contributed by atoms with van der Waals surface area (Å²) in [7, 11) is 1.44. The van der Waals surface area contributed by atoms with E-state index in [-0.39, 0.29) is 47.7 Å². The summed E-state index contributed by atoms with van der Waals surface area (Å²) in [5.41, 5.74) is 1.57. The van der Waals surface area contributed by atoms with E-state index < -0.39 is 47.9 Å². The van der Waals surface area contributed by atoms with Crippen molar-refractivity contribution >= 4 is 53.0 Å². The van der Waals surface area contributed by atoms with E-state index in [1.165, 1.54) is 13.2 Å². The van der Waals surface area contributed by atoms with Gasteiger partial charge >= 0.3 is 11.9 Å². The molecule has 2 aromatic carbocycles. The van der Waals surface area contributed by atoms with Crippen molar-refractivity contribution in [3.8, 4) is 5.75 Å². The van der Waals surface area contributed by atoms with Crippen molar-refractivity contribution < 1.29 is 33.4 Å². The third kappa shape index (κ3) is 11.2. The van der Waals surface area contributed by atoms with Gasteiger partial charge < -0.3 is 24.8 Å². The van der Waals surface area contributed by atoms with E-state index >= 15 is 0 Å². The monoisotopic (exact) mass is 672 g/mol. The molecule has 2 N–H and O–H groups in total. The van der Waals surface area contributed by atoms with Crippen LogP contribution in [0.15, 0.2) is 60.7 Å². The average molecular weight is 674 g/mol. The van der Waals surface area contributed by atoms with Gasteiger partial charge in [-0.1, -0.05) is 99.5 Å². The number of benzene rings is 2. The lowest BCUT2D eigenvalue weighted by atomic mass is 9.99. The fraction of sp³-hybridized carbons (Fsp3) is 0.429. The molecule has 0 aromatic heterocycles. The summed E-state index contributed by atoms with van der Waals surface area (Å²) in [6.07, 6.45) is 5.48. The first kappa shape index (κ1) is 36.6. The fourth-order valence-electron chi connectivity index (χ4n) is 4.78. The number of cyclic esters (lactones) is 2. The maximum Gasteiger partial charge on any atom is 0.347 e. The van der Waals surface area contributed by atoms with Gasteiger partial charge in [0.15, 0.2) is 11.9 Å². The maximum atomic E-state index is 13.4. The van der Waals surface area contributed by atoms with Crippen molar-refractivity contribution in [3.05, 3.63) is 81.9 Å². The third-order valence-electron chi connectivity index (χ3n) is 7.41. The van der Waals surface area contributed by atoms with Gasteiger partial charge in [-0.2, -0.15) is 0 Å². The Bertz CT molecular complexity index is 1400. The second-order valence-corrected chi connectivity index (χ2v) is 12.6. The molecule has 1 aliphatic rings. The van der Waals surface area contributed by atoms with Crippen LogP contribution in [0, 0.1) is 17.8 Å². The summed E-state index contributed by atoms with van der Waals surface area (Å²) in [6, 6.07) is 11.9. The molecule has 2 amide bonds. The largest absolute Gasteiger partial charge is 0.494 e. The molecule has 0 saturated heterocycles. The molecular formula is C35H42Cl2N2O7. The smallest absolute Gasteiger partial charge is 0.347 e. The highest BCUT2D eigenvalue weighted by Crippen LogP contribution is 2.34. The summed E-state index contributed by atoms with van der Waals surface area (Å²) in [6.45, 7) is 7.23. The zero-order valence-corrected chi connectivity index (χ0v) is 28.3. The molecule has 9 nitrogen and oxygen atoms in total. The Hall–Kier alpha value is -3.82. The van der Waals surface area contributed by atoms with Gasteiger partial charge in [0.25, 0.3) is 0 Å². The van der Waals surface area contributed by atoms with E-state index in [2.05, 4.69) is 10.6 Å². The number of nitrogens with one attached hydrogen (secondary N) is 2. The van der Waals surface area contributed by atoms with E-state index in [1.807, 2.05) is 63.3 Å². The molecule has 0 spiro atoms. The lowest BCUT2D eigenvalue weighted by molar-refractivity contribution is -0.175. The van der Waals surface area contributed by atoms with Crippen LogP contribution in [-0.4, -0.2) is 55.7 Å². The zero-order chi connectivity index (χ0) is 33.8. The number of ether oxygens (including phenoxy) is 3. The Kier molecular flexibility index (Phi) is 14.2. The minimum atomic E-state index is -1.13. The van der Waals surface area contributed by atoms with Gasteiger partial charge in [-0.05, 0) is 41.7 Å². The normalized spacial score (nSPS) is 23.3. The lowest BCUT2D eigenvalue weighted by Crippen LogP contribution is -2.49. The Morgan fingerprint density at radius 2 is 1.67 bits per heavy atom. The van der Waals surface area contributed by atoms with Crippen LogP contribution in [-0.2, 0) is 35.1 Å². The van der Waals surface area contributed by atoms with E-state index in [4.69, 9.17) is 37.4 Å². The highest BCUT2D eigenvalue weighted by atomic mass is 35.5. The van der Waals surface area contributed by atoms with Gasteiger partial charge in [0, 0.05) is 25.3 Å². The van der Waals surface area contributed by atoms with Crippen LogP contribution in [0.4, 0.5) is 0 Å². The van der Waals surface area contributed by atoms with Crippen LogP contribution in [0.5, 0.6) is 5.75 Å². The number of methoxy groups -OCH3 is 1. The minimum absolute atomic E-state index is 0.0316. The van der Waals surface area contributed by atoms with Crippen LogP contribution in [0.25, 0.3) is 6.08 Å². The molecule has 2 aromatic rings. The van der Waals surface area contributed by atoms with Gasteiger partial charge in [-0.3, -0.25) is 14.4 Å². The number of carbonyl (C=O) groups excluding carboxylic acids is 4. The predicted molar refractivity (Wildman–Crippen MR) is 178 cm³/mol. The third-order valence-corrected chi connectivity index (χ3v) is 7.97. The van der Waals surface area contributed by atoms with Crippen LogP contribution in [0.2, 0.25) is 10.0 Å². The van der Waals surface area contributed by atoms with Crippen LogP contribution in [0.3, 0.4) is 0 Å². The molecule has 11 heteroatoms. The van der Waals surface area contributed by atoms with Crippen molar-refractivity contribution in [2.75, 3.05) is 13.7 Å². The highest BCUT2D eigenvalue weighted by molar-refractivity contribution is 6.37. The Morgan fingerprint density at radius 1 is 1.00 bits per heavy atom. The molecule has 0 radical (unpaired) electrons.